The van der Waals surface area contributed by atoms with E-state index in [1.165, 1.54) is 20.7 Å². The second-order valence-electron chi connectivity index (χ2n) is 9.24. The van der Waals surface area contributed by atoms with Crippen molar-refractivity contribution in [3.63, 3.8) is 0 Å². The standard InChI is InChI=1S/C17H16ClNS.C11H18N4/c1-12(2)19-11-17(20-14-6-4-3-5-7-14)15-10-13(18)8-9-16(15)19;1-10(2)14-6-8-15(9-7-14)11-12-4-3-5-13-11/h3-12H,1-2H3;3-5,10H,6-9H2,1-2H3. The van der Waals surface area contributed by atoms with Crippen LogP contribution in [0.3, 0.4) is 0 Å². The molecule has 0 unspecified atom stereocenters. The lowest BCUT2D eigenvalue weighted by Crippen LogP contribution is -2.49. The largest absolute Gasteiger partial charge is 0.344 e. The zero-order chi connectivity index (χ0) is 24.8. The number of hydrogen-bond acceptors (Lipinski definition) is 5. The number of piperazine rings is 1. The predicted octanol–water partition coefficient (Wildman–Crippen LogP) is 7.03. The summed E-state index contributed by atoms with van der Waals surface area (Å²) in [5, 5.41) is 2.01. The summed E-state index contributed by atoms with van der Waals surface area (Å²) in [5.74, 6) is 0.862. The third-order valence-corrected chi connectivity index (χ3v) is 7.45. The molecule has 35 heavy (non-hydrogen) atoms. The number of aromatic nitrogens is 3. The van der Waals surface area contributed by atoms with Gasteiger partial charge >= 0.3 is 0 Å². The third kappa shape index (κ3) is 6.57. The van der Waals surface area contributed by atoms with Crippen LogP contribution in [0.2, 0.25) is 5.02 Å². The molecule has 0 N–H and O–H groups in total. The minimum absolute atomic E-state index is 0.434. The first-order valence-corrected chi connectivity index (χ1v) is 13.4. The minimum atomic E-state index is 0.434. The van der Waals surface area contributed by atoms with E-state index in [-0.39, 0.29) is 0 Å². The molecule has 0 amide bonds. The van der Waals surface area contributed by atoms with Crippen molar-refractivity contribution in [1.82, 2.24) is 19.4 Å². The molecular weight excluding hydrogens is 474 g/mol. The molecule has 0 atom stereocenters. The Bertz CT molecular complexity index is 1200. The van der Waals surface area contributed by atoms with E-state index < -0.39 is 0 Å². The van der Waals surface area contributed by atoms with Gasteiger partial charge in [-0.05, 0) is 64.1 Å². The van der Waals surface area contributed by atoms with E-state index in [4.69, 9.17) is 11.6 Å². The SMILES string of the molecule is CC(C)N1CCN(c2ncccn2)CC1.CC(C)n1cc(Sc2ccccc2)c2cc(Cl)ccc21. The fourth-order valence-corrected chi connectivity index (χ4v) is 5.37. The van der Waals surface area contributed by atoms with Gasteiger partial charge in [-0.15, -0.1) is 0 Å². The van der Waals surface area contributed by atoms with Gasteiger partial charge in [-0.2, -0.15) is 0 Å². The zero-order valence-electron chi connectivity index (χ0n) is 20.9. The first kappa shape index (κ1) is 25.5. The smallest absolute Gasteiger partial charge is 0.225 e. The molecule has 1 aliphatic heterocycles. The van der Waals surface area contributed by atoms with Gasteiger partial charge in [0.05, 0.1) is 0 Å². The van der Waals surface area contributed by atoms with Crippen molar-refractivity contribution in [2.45, 2.75) is 49.6 Å². The van der Waals surface area contributed by atoms with Gasteiger partial charge in [0, 0.05) is 82.6 Å². The maximum atomic E-state index is 6.16. The summed E-state index contributed by atoms with van der Waals surface area (Å²) < 4.78 is 2.30. The molecule has 0 bridgehead atoms. The predicted molar refractivity (Wildman–Crippen MR) is 149 cm³/mol. The lowest BCUT2D eigenvalue weighted by atomic mass is 10.2. The molecule has 5 rings (SSSR count). The molecule has 0 aliphatic carbocycles. The van der Waals surface area contributed by atoms with Crippen molar-refractivity contribution in [3.05, 3.63) is 78.2 Å². The summed E-state index contributed by atoms with van der Waals surface area (Å²) in [7, 11) is 0. The van der Waals surface area contributed by atoms with Crippen LogP contribution in [-0.4, -0.2) is 51.7 Å². The molecule has 3 heterocycles. The van der Waals surface area contributed by atoms with Crippen LogP contribution in [0, 0.1) is 0 Å². The Morgan fingerprint density at radius 1 is 0.829 bits per heavy atom. The van der Waals surface area contributed by atoms with E-state index in [1.807, 2.05) is 18.2 Å². The van der Waals surface area contributed by atoms with Gasteiger partial charge in [0.25, 0.3) is 0 Å². The van der Waals surface area contributed by atoms with Crippen molar-refractivity contribution in [2.75, 3.05) is 31.1 Å². The van der Waals surface area contributed by atoms with Crippen molar-refractivity contribution in [1.29, 1.82) is 0 Å². The maximum Gasteiger partial charge on any atom is 0.225 e. The van der Waals surface area contributed by atoms with Crippen LogP contribution in [0.1, 0.15) is 33.7 Å². The van der Waals surface area contributed by atoms with Crippen LogP contribution < -0.4 is 4.90 Å². The van der Waals surface area contributed by atoms with Crippen LogP contribution in [-0.2, 0) is 0 Å². The van der Waals surface area contributed by atoms with Crippen LogP contribution in [0.5, 0.6) is 0 Å². The van der Waals surface area contributed by atoms with Gasteiger partial charge in [0.2, 0.25) is 5.95 Å². The molecule has 0 saturated carbocycles. The molecule has 1 aliphatic rings. The molecule has 0 spiro atoms. The second-order valence-corrected chi connectivity index (χ2v) is 10.8. The molecule has 2 aromatic heterocycles. The van der Waals surface area contributed by atoms with Crippen LogP contribution in [0.25, 0.3) is 10.9 Å². The number of benzene rings is 2. The number of fused-ring (bicyclic) bond motifs is 1. The second kappa shape index (κ2) is 11.9. The molecular formula is C28H34ClN5S. The third-order valence-electron chi connectivity index (χ3n) is 6.17. The van der Waals surface area contributed by atoms with Crippen molar-refractivity contribution < 1.29 is 0 Å². The Morgan fingerprint density at radius 3 is 2.14 bits per heavy atom. The average Bonchev–Trinajstić information content (AvgIpc) is 3.23. The van der Waals surface area contributed by atoms with Gasteiger partial charge < -0.3 is 9.47 Å². The molecule has 0 radical (unpaired) electrons. The van der Waals surface area contributed by atoms with Gasteiger partial charge in [-0.25, -0.2) is 9.97 Å². The summed E-state index contributed by atoms with van der Waals surface area (Å²) in [4.78, 5) is 15.8. The molecule has 184 valence electrons. The van der Waals surface area contributed by atoms with Crippen LogP contribution >= 0.6 is 23.4 Å². The molecule has 2 aromatic carbocycles. The molecule has 4 aromatic rings. The first-order valence-electron chi connectivity index (χ1n) is 12.2. The normalized spacial score (nSPS) is 14.4. The van der Waals surface area contributed by atoms with E-state index in [1.54, 1.807) is 24.2 Å². The zero-order valence-corrected chi connectivity index (χ0v) is 22.5. The number of nitrogens with zero attached hydrogens (tertiary/aromatic N) is 5. The highest BCUT2D eigenvalue weighted by molar-refractivity contribution is 7.99. The van der Waals surface area contributed by atoms with E-state index in [0.29, 0.717) is 12.1 Å². The molecule has 5 nitrogen and oxygen atoms in total. The van der Waals surface area contributed by atoms with E-state index in [0.717, 1.165) is 37.1 Å². The topological polar surface area (TPSA) is 37.2 Å². The van der Waals surface area contributed by atoms with Crippen LogP contribution in [0.4, 0.5) is 5.95 Å². The number of hydrogen-bond donors (Lipinski definition) is 0. The highest BCUT2D eigenvalue weighted by atomic mass is 35.5. The fourth-order valence-electron chi connectivity index (χ4n) is 4.21. The van der Waals surface area contributed by atoms with E-state index in [9.17, 15) is 0 Å². The molecule has 7 heteroatoms. The van der Waals surface area contributed by atoms with Gasteiger partial charge in [-0.3, -0.25) is 4.90 Å². The Morgan fingerprint density at radius 2 is 1.51 bits per heavy atom. The van der Waals surface area contributed by atoms with Crippen LogP contribution in [0.15, 0.2) is 83.0 Å². The first-order chi connectivity index (χ1) is 16.9. The number of rotatable bonds is 5. The highest BCUT2D eigenvalue weighted by Crippen LogP contribution is 2.37. The summed E-state index contributed by atoms with van der Waals surface area (Å²) in [6, 6.07) is 19.5. The summed E-state index contributed by atoms with van der Waals surface area (Å²) in [6.45, 7) is 13.2. The minimum Gasteiger partial charge on any atom is -0.344 e. The van der Waals surface area contributed by atoms with Crippen molar-refractivity contribution >= 4 is 40.2 Å². The summed E-state index contributed by atoms with van der Waals surface area (Å²) in [5.41, 5.74) is 1.24. The lowest BCUT2D eigenvalue weighted by Gasteiger charge is -2.36. The Balaban J connectivity index is 0.000000172. The Hall–Kier alpha value is -2.54. The maximum absolute atomic E-state index is 6.16. The van der Waals surface area contributed by atoms with Crippen molar-refractivity contribution in [2.24, 2.45) is 0 Å². The number of halogens is 1. The van der Waals surface area contributed by atoms with Gasteiger partial charge in [0.1, 0.15) is 0 Å². The summed E-state index contributed by atoms with van der Waals surface area (Å²) >= 11 is 7.95. The lowest BCUT2D eigenvalue weighted by molar-refractivity contribution is 0.208. The Kier molecular flexibility index (Phi) is 8.71. The quantitative estimate of drug-likeness (QED) is 0.289. The van der Waals surface area contributed by atoms with Crippen molar-refractivity contribution in [3.8, 4) is 0 Å². The number of anilines is 1. The highest BCUT2D eigenvalue weighted by Gasteiger charge is 2.20. The van der Waals surface area contributed by atoms with E-state index in [2.05, 4.69) is 94.6 Å². The van der Waals surface area contributed by atoms with Gasteiger partial charge in [0.15, 0.2) is 0 Å². The summed E-state index contributed by atoms with van der Waals surface area (Å²) in [6.07, 6.45) is 5.83. The van der Waals surface area contributed by atoms with E-state index >= 15 is 0 Å². The monoisotopic (exact) mass is 507 g/mol. The average molecular weight is 508 g/mol. The molecule has 1 saturated heterocycles. The molecule has 1 fully saturated rings. The fraction of sp³-hybridized carbons (Fsp3) is 0.357. The Labute approximate surface area is 218 Å². The van der Waals surface area contributed by atoms with Gasteiger partial charge in [-0.1, -0.05) is 41.6 Å².